The Balaban J connectivity index is 1.98. The molecule has 92 valence electrons. The summed E-state index contributed by atoms with van der Waals surface area (Å²) in [5, 5.41) is 0. The van der Waals surface area contributed by atoms with Crippen LogP contribution in [0.15, 0.2) is 18.2 Å². The molecule has 0 aromatic heterocycles. The molecule has 1 aromatic carbocycles. The predicted molar refractivity (Wildman–Crippen MR) is 68.4 cm³/mol. The molecule has 0 saturated heterocycles. The zero-order chi connectivity index (χ0) is 12.5. The van der Waals surface area contributed by atoms with Crippen LogP contribution in [0, 0.1) is 5.41 Å². The summed E-state index contributed by atoms with van der Waals surface area (Å²) in [6.07, 6.45) is 2.46. The van der Waals surface area contributed by atoms with Crippen LogP contribution in [0.1, 0.15) is 38.3 Å². The maximum atomic E-state index is 11.8. The summed E-state index contributed by atoms with van der Waals surface area (Å²) in [5.41, 5.74) is 2.30. The van der Waals surface area contributed by atoms with Crippen molar-refractivity contribution in [3.8, 4) is 5.75 Å². The number of Topliss-reactive ketones (excluding diaryl/α,β-unsaturated/α-hetero) is 1. The molecule has 1 aliphatic heterocycles. The van der Waals surface area contributed by atoms with Crippen molar-refractivity contribution < 1.29 is 9.53 Å². The van der Waals surface area contributed by atoms with Gasteiger partial charge in [0.2, 0.25) is 0 Å². The first-order valence-electron chi connectivity index (χ1n) is 6.25. The second kappa shape index (κ2) is 4.52. The fraction of sp³-hybridized carbons (Fsp3) is 0.533. The van der Waals surface area contributed by atoms with Gasteiger partial charge in [-0.3, -0.25) is 4.79 Å². The molecule has 1 aromatic rings. The smallest absolute Gasteiger partial charge is 0.138 e. The van der Waals surface area contributed by atoms with E-state index in [0.29, 0.717) is 12.2 Å². The largest absolute Gasteiger partial charge is 0.493 e. The molecule has 0 bridgehead atoms. The van der Waals surface area contributed by atoms with Crippen LogP contribution in [0.3, 0.4) is 0 Å². The maximum absolute atomic E-state index is 11.8. The highest BCUT2D eigenvalue weighted by molar-refractivity contribution is 5.83. The van der Waals surface area contributed by atoms with Crippen molar-refractivity contribution in [2.75, 3.05) is 6.61 Å². The lowest BCUT2D eigenvalue weighted by Crippen LogP contribution is -2.20. The molecule has 0 saturated carbocycles. The Morgan fingerprint density at radius 2 is 2.12 bits per heavy atom. The standard InChI is InChI=1S/C15H20O2/c1-15(2,3)14(16)7-5-11-4-6-13-12(10-11)8-9-17-13/h4,6,10H,5,7-9H2,1-3H3. The molecule has 0 radical (unpaired) electrons. The van der Waals surface area contributed by atoms with E-state index in [1.807, 2.05) is 26.8 Å². The minimum Gasteiger partial charge on any atom is -0.493 e. The number of fused-ring (bicyclic) bond motifs is 1. The van der Waals surface area contributed by atoms with Gasteiger partial charge in [0.1, 0.15) is 11.5 Å². The SMILES string of the molecule is CC(C)(C)C(=O)CCc1ccc2c(c1)CCO2. The van der Waals surface area contributed by atoms with Crippen molar-refractivity contribution in [1.82, 2.24) is 0 Å². The topological polar surface area (TPSA) is 26.3 Å². The number of ether oxygens (including phenoxy) is 1. The van der Waals surface area contributed by atoms with E-state index in [2.05, 4.69) is 12.1 Å². The quantitative estimate of drug-likeness (QED) is 0.800. The Kier molecular flexibility index (Phi) is 3.23. The average molecular weight is 232 g/mol. The van der Waals surface area contributed by atoms with Crippen LogP contribution in [0.4, 0.5) is 0 Å². The Bertz CT molecular complexity index is 427. The fourth-order valence-corrected chi connectivity index (χ4v) is 2.03. The van der Waals surface area contributed by atoms with Gasteiger partial charge in [-0.25, -0.2) is 0 Å². The van der Waals surface area contributed by atoms with Crippen LogP contribution in [0.25, 0.3) is 0 Å². The number of carbonyl (C=O) groups is 1. The fourth-order valence-electron chi connectivity index (χ4n) is 2.03. The number of ketones is 1. The van der Waals surface area contributed by atoms with Crippen molar-refractivity contribution in [1.29, 1.82) is 0 Å². The Hall–Kier alpha value is -1.31. The third kappa shape index (κ3) is 2.87. The van der Waals surface area contributed by atoms with Gasteiger partial charge in [-0.1, -0.05) is 32.9 Å². The highest BCUT2D eigenvalue weighted by Crippen LogP contribution is 2.27. The second-order valence-electron chi connectivity index (χ2n) is 5.71. The van der Waals surface area contributed by atoms with Gasteiger partial charge < -0.3 is 4.74 Å². The molecule has 0 N–H and O–H groups in total. The molecule has 0 fully saturated rings. The van der Waals surface area contributed by atoms with E-state index < -0.39 is 0 Å². The van der Waals surface area contributed by atoms with E-state index in [4.69, 9.17) is 4.74 Å². The lowest BCUT2D eigenvalue weighted by atomic mass is 9.87. The highest BCUT2D eigenvalue weighted by atomic mass is 16.5. The Morgan fingerprint density at radius 3 is 2.82 bits per heavy atom. The number of carbonyl (C=O) groups excluding carboxylic acids is 1. The van der Waals surface area contributed by atoms with E-state index in [1.54, 1.807) is 0 Å². The molecule has 1 aliphatic rings. The summed E-state index contributed by atoms with van der Waals surface area (Å²) in [6.45, 7) is 6.73. The van der Waals surface area contributed by atoms with Crippen molar-refractivity contribution in [3.05, 3.63) is 29.3 Å². The number of benzene rings is 1. The lowest BCUT2D eigenvalue weighted by molar-refractivity contribution is -0.126. The summed E-state index contributed by atoms with van der Waals surface area (Å²) in [7, 11) is 0. The zero-order valence-corrected chi connectivity index (χ0v) is 10.9. The summed E-state index contributed by atoms with van der Waals surface area (Å²) >= 11 is 0. The molecule has 2 heteroatoms. The van der Waals surface area contributed by atoms with E-state index in [0.717, 1.165) is 25.2 Å². The summed E-state index contributed by atoms with van der Waals surface area (Å²) in [6, 6.07) is 6.28. The van der Waals surface area contributed by atoms with Gasteiger partial charge in [0.25, 0.3) is 0 Å². The van der Waals surface area contributed by atoms with Gasteiger partial charge in [0.05, 0.1) is 6.61 Å². The Labute approximate surface area is 103 Å². The van der Waals surface area contributed by atoms with Crippen LogP contribution < -0.4 is 4.74 Å². The van der Waals surface area contributed by atoms with Crippen molar-refractivity contribution >= 4 is 5.78 Å². The van der Waals surface area contributed by atoms with Gasteiger partial charge >= 0.3 is 0 Å². The van der Waals surface area contributed by atoms with Crippen LogP contribution >= 0.6 is 0 Å². The van der Waals surface area contributed by atoms with Crippen LogP contribution in [-0.2, 0) is 17.6 Å². The molecule has 0 unspecified atom stereocenters. The normalized spacial score (nSPS) is 14.3. The molecule has 0 spiro atoms. The molecule has 2 nitrogen and oxygen atoms in total. The lowest BCUT2D eigenvalue weighted by Gasteiger charge is -2.16. The number of hydrogen-bond acceptors (Lipinski definition) is 2. The first-order chi connectivity index (χ1) is 7.97. The predicted octanol–water partition coefficient (Wildman–Crippen LogP) is 3.17. The van der Waals surface area contributed by atoms with Gasteiger partial charge in [-0.05, 0) is 23.6 Å². The first-order valence-corrected chi connectivity index (χ1v) is 6.25. The van der Waals surface area contributed by atoms with E-state index >= 15 is 0 Å². The maximum Gasteiger partial charge on any atom is 0.138 e. The molecular weight excluding hydrogens is 212 g/mol. The second-order valence-corrected chi connectivity index (χ2v) is 5.71. The monoisotopic (exact) mass is 232 g/mol. The summed E-state index contributed by atoms with van der Waals surface area (Å²) in [4.78, 5) is 11.8. The van der Waals surface area contributed by atoms with Crippen LogP contribution in [0.5, 0.6) is 5.75 Å². The van der Waals surface area contributed by atoms with Gasteiger partial charge in [0.15, 0.2) is 0 Å². The van der Waals surface area contributed by atoms with Gasteiger partial charge in [0, 0.05) is 18.3 Å². The minimum atomic E-state index is -0.222. The molecular formula is C15H20O2. The summed E-state index contributed by atoms with van der Waals surface area (Å²) < 4.78 is 5.47. The highest BCUT2D eigenvalue weighted by Gasteiger charge is 2.20. The average Bonchev–Trinajstić information content (AvgIpc) is 2.71. The van der Waals surface area contributed by atoms with Crippen molar-refractivity contribution in [2.24, 2.45) is 5.41 Å². The van der Waals surface area contributed by atoms with E-state index in [1.165, 1.54) is 11.1 Å². The van der Waals surface area contributed by atoms with E-state index in [-0.39, 0.29) is 5.41 Å². The number of hydrogen-bond donors (Lipinski definition) is 0. The first kappa shape index (κ1) is 12.2. The van der Waals surface area contributed by atoms with Crippen LogP contribution in [0.2, 0.25) is 0 Å². The minimum absolute atomic E-state index is 0.222. The molecule has 0 aliphatic carbocycles. The molecule has 17 heavy (non-hydrogen) atoms. The molecule has 0 amide bonds. The zero-order valence-electron chi connectivity index (χ0n) is 10.9. The third-order valence-corrected chi connectivity index (χ3v) is 3.23. The third-order valence-electron chi connectivity index (χ3n) is 3.23. The van der Waals surface area contributed by atoms with Gasteiger partial charge in [-0.15, -0.1) is 0 Å². The van der Waals surface area contributed by atoms with Crippen LogP contribution in [-0.4, -0.2) is 12.4 Å². The van der Waals surface area contributed by atoms with Gasteiger partial charge in [-0.2, -0.15) is 0 Å². The van der Waals surface area contributed by atoms with Crippen molar-refractivity contribution in [3.63, 3.8) is 0 Å². The summed E-state index contributed by atoms with van der Waals surface area (Å²) in [5.74, 6) is 1.34. The number of rotatable bonds is 3. The molecule has 2 rings (SSSR count). The van der Waals surface area contributed by atoms with E-state index in [9.17, 15) is 4.79 Å². The Morgan fingerprint density at radius 1 is 1.35 bits per heavy atom. The molecule has 1 heterocycles. The molecule has 0 atom stereocenters. The van der Waals surface area contributed by atoms with Crippen molar-refractivity contribution in [2.45, 2.75) is 40.0 Å². The number of aryl methyl sites for hydroxylation is 1.